The van der Waals surface area contributed by atoms with E-state index in [1.165, 1.54) is 10.6 Å². The number of carbonyl (C=O) groups is 2. The van der Waals surface area contributed by atoms with Crippen molar-refractivity contribution in [2.24, 2.45) is 5.10 Å². The summed E-state index contributed by atoms with van der Waals surface area (Å²) in [5.74, 6) is -0.713. The number of para-hydroxylation sites is 1. The number of benzene rings is 1. The van der Waals surface area contributed by atoms with Crippen LogP contribution in [0.15, 0.2) is 60.0 Å². The van der Waals surface area contributed by atoms with Crippen molar-refractivity contribution in [3.05, 3.63) is 60.4 Å². The van der Waals surface area contributed by atoms with Gasteiger partial charge in [-0.05, 0) is 48.6 Å². The Morgan fingerprint density at radius 2 is 1.68 bits per heavy atom. The van der Waals surface area contributed by atoms with Gasteiger partial charge in [0, 0.05) is 31.9 Å². The Balaban J connectivity index is 1.45. The number of aliphatic carboxylic acids is 1. The first-order valence-corrected chi connectivity index (χ1v) is 9.47. The molecule has 1 N–H and O–H groups in total. The highest BCUT2D eigenvalue weighted by atomic mass is 16.4. The van der Waals surface area contributed by atoms with Crippen molar-refractivity contribution in [2.75, 3.05) is 18.1 Å². The maximum absolute atomic E-state index is 13.0. The molecule has 0 spiro atoms. The highest BCUT2D eigenvalue weighted by Gasteiger charge is 2.38. The van der Waals surface area contributed by atoms with Gasteiger partial charge in [-0.15, -0.1) is 0 Å². The zero-order valence-electron chi connectivity index (χ0n) is 15.4. The number of anilines is 1. The van der Waals surface area contributed by atoms with Crippen LogP contribution in [0.25, 0.3) is 0 Å². The van der Waals surface area contributed by atoms with E-state index in [9.17, 15) is 14.7 Å². The highest BCUT2D eigenvalue weighted by molar-refractivity contribution is 6.40. The van der Waals surface area contributed by atoms with Gasteiger partial charge in [0.25, 0.3) is 5.91 Å². The van der Waals surface area contributed by atoms with Gasteiger partial charge >= 0.3 is 5.97 Å². The van der Waals surface area contributed by atoms with Crippen LogP contribution in [0.1, 0.15) is 30.7 Å². The Morgan fingerprint density at radius 1 is 1.00 bits per heavy atom. The number of amides is 1. The van der Waals surface area contributed by atoms with E-state index in [4.69, 9.17) is 0 Å². The minimum atomic E-state index is -0.980. The third-order valence-electron chi connectivity index (χ3n) is 5.42. The predicted octanol–water partition coefficient (Wildman–Crippen LogP) is 2.51. The van der Waals surface area contributed by atoms with Crippen LogP contribution in [0.5, 0.6) is 0 Å². The molecule has 2 aromatic rings. The molecule has 0 radical (unpaired) electrons. The molecule has 1 atom stereocenters. The summed E-state index contributed by atoms with van der Waals surface area (Å²) in [4.78, 5) is 30.5. The Kier molecular flexibility index (Phi) is 5.06. The zero-order valence-corrected chi connectivity index (χ0v) is 15.4. The Morgan fingerprint density at radius 3 is 2.32 bits per heavy atom. The van der Waals surface area contributed by atoms with Gasteiger partial charge in [0.2, 0.25) is 0 Å². The summed E-state index contributed by atoms with van der Waals surface area (Å²) in [5, 5.41) is 15.4. The van der Waals surface area contributed by atoms with Gasteiger partial charge in [0.15, 0.2) is 6.04 Å². The first kappa shape index (κ1) is 18.2. The van der Waals surface area contributed by atoms with Crippen LogP contribution in [0, 0.1) is 0 Å². The van der Waals surface area contributed by atoms with E-state index in [0.29, 0.717) is 30.4 Å². The smallest absolute Gasteiger partial charge is 0.328 e. The van der Waals surface area contributed by atoms with Gasteiger partial charge in [-0.1, -0.05) is 18.2 Å². The van der Waals surface area contributed by atoms with Crippen LogP contribution in [-0.2, 0) is 9.59 Å². The number of aromatic nitrogens is 1. The average molecular weight is 378 g/mol. The van der Waals surface area contributed by atoms with Crippen molar-refractivity contribution in [2.45, 2.75) is 31.2 Å². The number of hydrogen-bond acceptors (Lipinski definition) is 5. The molecule has 2 aliphatic heterocycles. The molecule has 1 unspecified atom stereocenters. The first-order chi connectivity index (χ1) is 13.6. The third kappa shape index (κ3) is 3.60. The number of carbonyl (C=O) groups excluding carboxylic acids is 1. The quantitative estimate of drug-likeness (QED) is 0.883. The van der Waals surface area contributed by atoms with E-state index in [-0.39, 0.29) is 12.3 Å². The number of carboxylic acid groups (broad SMARTS) is 1. The lowest BCUT2D eigenvalue weighted by molar-refractivity contribution is -0.138. The highest BCUT2D eigenvalue weighted by Crippen LogP contribution is 2.29. The number of hydrazone groups is 1. The van der Waals surface area contributed by atoms with Crippen LogP contribution in [0.3, 0.4) is 0 Å². The topological polar surface area (TPSA) is 86.1 Å². The van der Waals surface area contributed by atoms with Gasteiger partial charge in [-0.25, -0.2) is 4.79 Å². The maximum Gasteiger partial charge on any atom is 0.328 e. The number of nitrogens with zero attached hydrogens (tertiary/aromatic N) is 4. The number of carboxylic acids is 1. The van der Waals surface area contributed by atoms with Crippen LogP contribution >= 0.6 is 0 Å². The number of piperidine rings is 1. The number of likely N-dealkylation sites (tertiary alicyclic amines) is 1. The molecule has 1 amide bonds. The van der Waals surface area contributed by atoms with E-state index >= 15 is 0 Å². The summed E-state index contributed by atoms with van der Waals surface area (Å²) in [6.45, 7) is 1.29. The van der Waals surface area contributed by atoms with Crippen LogP contribution in [-0.4, -0.2) is 51.7 Å². The fourth-order valence-electron chi connectivity index (χ4n) is 3.88. The predicted molar refractivity (Wildman–Crippen MR) is 105 cm³/mol. The number of rotatable bonds is 4. The lowest BCUT2D eigenvalue weighted by Crippen LogP contribution is -2.42. The summed E-state index contributed by atoms with van der Waals surface area (Å²) in [6, 6.07) is 12.3. The van der Waals surface area contributed by atoms with E-state index in [0.717, 1.165) is 12.8 Å². The Labute approximate surface area is 163 Å². The second-order valence-corrected chi connectivity index (χ2v) is 7.13. The van der Waals surface area contributed by atoms with Crippen LogP contribution in [0.4, 0.5) is 5.69 Å². The molecule has 0 bridgehead atoms. The number of pyridine rings is 1. The zero-order chi connectivity index (χ0) is 19.5. The minimum Gasteiger partial charge on any atom is -0.480 e. The second kappa shape index (κ2) is 7.80. The summed E-state index contributed by atoms with van der Waals surface area (Å²) < 4.78 is 0. The van der Waals surface area contributed by atoms with E-state index in [2.05, 4.69) is 10.1 Å². The van der Waals surface area contributed by atoms with Gasteiger partial charge in [0.05, 0.1) is 5.69 Å². The molecule has 1 aromatic heterocycles. The SMILES string of the molecule is O=C(O)C1CC(C(=O)N2CCC(c3ccncc3)CC2)=NN1c1ccccc1. The fraction of sp³-hybridized carbons (Fsp3) is 0.333. The lowest BCUT2D eigenvalue weighted by atomic mass is 9.90. The Bertz CT molecular complexity index is 877. The molecular formula is C21H22N4O3. The van der Waals surface area contributed by atoms with Crippen molar-refractivity contribution in [1.29, 1.82) is 0 Å². The van der Waals surface area contributed by atoms with Gasteiger partial charge in [0.1, 0.15) is 5.71 Å². The van der Waals surface area contributed by atoms with Crippen molar-refractivity contribution in [1.82, 2.24) is 9.88 Å². The lowest BCUT2D eigenvalue weighted by Gasteiger charge is -2.32. The van der Waals surface area contributed by atoms with E-state index < -0.39 is 12.0 Å². The molecule has 1 fully saturated rings. The normalized spacial score (nSPS) is 20.1. The summed E-state index contributed by atoms with van der Waals surface area (Å²) >= 11 is 0. The van der Waals surface area contributed by atoms with Crippen molar-refractivity contribution < 1.29 is 14.7 Å². The van der Waals surface area contributed by atoms with Gasteiger partial charge < -0.3 is 10.0 Å². The molecule has 1 saturated heterocycles. The van der Waals surface area contributed by atoms with Gasteiger partial charge in [-0.2, -0.15) is 5.10 Å². The molecule has 2 aliphatic rings. The molecule has 0 saturated carbocycles. The van der Waals surface area contributed by atoms with E-state index in [1.807, 2.05) is 30.3 Å². The molecule has 3 heterocycles. The first-order valence-electron chi connectivity index (χ1n) is 9.47. The second-order valence-electron chi connectivity index (χ2n) is 7.13. The van der Waals surface area contributed by atoms with Crippen molar-refractivity contribution in [3.63, 3.8) is 0 Å². The molecule has 7 nitrogen and oxygen atoms in total. The summed E-state index contributed by atoms with van der Waals surface area (Å²) in [5.41, 5.74) is 2.24. The summed E-state index contributed by atoms with van der Waals surface area (Å²) in [7, 11) is 0. The van der Waals surface area contributed by atoms with E-state index in [1.54, 1.807) is 29.4 Å². The molecule has 28 heavy (non-hydrogen) atoms. The molecule has 0 aliphatic carbocycles. The molecule has 144 valence electrons. The van der Waals surface area contributed by atoms with Crippen molar-refractivity contribution in [3.8, 4) is 0 Å². The molecule has 7 heteroatoms. The largest absolute Gasteiger partial charge is 0.480 e. The summed E-state index contributed by atoms with van der Waals surface area (Å²) in [6.07, 6.45) is 5.48. The minimum absolute atomic E-state index is 0.118. The van der Waals surface area contributed by atoms with Crippen LogP contribution < -0.4 is 5.01 Å². The Hall–Kier alpha value is -3.22. The molecule has 4 rings (SSSR count). The third-order valence-corrected chi connectivity index (χ3v) is 5.42. The molecular weight excluding hydrogens is 356 g/mol. The monoisotopic (exact) mass is 378 g/mol. The molecule has 1 aromatic carbocycles. The van der Waals surface area contributed by atoms with Crippen LogP contribution in [0.2, 0.25) is 0 Å². The maximum atomic E-state index is 13.0. The van der Waals surface area contributed by atoms with Crippen molar-refractivity contribution >= 4 is 23.3 Å². The standard InChI is InChI=1S/C21H22N4O3/c26-20(24-12-8-16(9-13-24)15-6-10-22-11-7-15)18-14-19(21(27)28)25(23-18)17-4-2-1-3-5-17/h1-7,10-11,16,19H,8-9,12-14H2,(H,27,28). The number of hydrogen-bond donors (Lipinski definition) is 1. The van der Waals surface area contributed by atoms with Gasteiger partial charge in [-0.3, -0.25) is 14.8 Å². The average Bonchev–Trinajstić information content (AvgIpc) is 3.20. The fourth-order valence-corrected chi connectivity index (χ4v) is 3.88.